The summed E-state index contributed by atoms with van der Waals surface area (Å²) in [6.45, 7) is 8.66. The second-order valence-corrected chi connectivity index (χ2v) is 23.1. The summed E-state index contributed by atoms with van der Waals surface area (Å²) in [4.78, 5) is 127. The van der Waals surface area contributed by atoms with Gasteiger partial charge in [0.25, 0.3) is 27.8 Å². The van der Waals surface area contributed by atoms with Crippen molar-refractivity contribution in [3.05, 3.63) is 155 Å². The number of rotatable bonds is 28. The average Bonchev–Trinajstić information content (AvgIpc) is 3.95. The molecule has 462 valence electrons. The number of carbonyl (C=O) groups excluding carboxylic acids is 9. The van der Waals surface area contributed by atoms with Crippen molar-refractivity contribution in [2.45, 2.75) is 121 Å². The molecule has 5 aromatic rings. The van der Waals surface area contributed by atoms with Crippen LogP contribution in [0.15, 0.2) is 131 Å². The zero-order valence-electron chi connectivity index (χ0n) is 48.9. The number of hydrazone groups is 1. The van der Waals surface area contributed by atoms with Gasteiger partial charge in [-0.3, -0.25) is 64.0 Å². The van der Waals surface area contributed by atoms with Crippen molar-refractivity contribution in [3.8, 4) is 5.75 Å². The second-order valence-electron chi connectivity index (χ2n) is 21.7. The highest BCUT2D eigenvalue weighted by molar-refractivity contribution is 7.86. The molecule has 0 spiro atoms. The van der Waals surface area contributed by atoms with Crippen LogP contribution < -0.4 is 48.2 Å². The third kappa shape index (κ3) is 21.2. The van der Waals surface area contributed by atoms with Crippen LogP contribution in [0.5, 0.6) is 5.75 Å². The molecule has 0 unspecified atom stereocenters. The fourth-order valence-electron chi connectivity index (χ4n) is 9.39. The van der Waals surface area contributed by atoms with Crippen LogP contribution in [-0.2, 0) is 63.1 Å². The number of hydrogen-bond acceptors (Lipinski definition) is 15. The highest BCUT2D eigenvalue weighted by Gasteiger charge is 2.36. The van der Waals surface area contributed by atoms with Gasteiger partial charge in [0.1, 0.15) is 46.7 Å². The molecule has 0 aliphatic carbocycles. The van der Waals surface area contributed by atoms with Crippen LogP contribution in [-0.4, -0.2) is 131 Å². The van der Waals surface area contributed by atoms with E-state index in [0.29, 0.717) is 36.9 Å². The lowest BCUT2D eigenvalue weighted by Gasteiger charge is -2.27. The van der Waals surface area contributed by atoms with Crippen molar-refractivity contribution in [2.75, 3.05) is 18.5 Å². The third-order valence-electron chi connectivity index (χ3n) is 13.9. The number of aryl methyl sites for hydroxylation is 1. The predicted molar refractivity (Wildman–Crippen MR) is 322 cm³/mol. The van der Waals surface area contributed by atoms with Gasteiger partial charge in [-0.2, -0.15) is 13.5 Å². The molecule has 1 aromatic heterocycles. The number of phenols is 1. The molecule has 1 fully saturated rings. The Bertz CT molecular complexity index is 3370. The molecule has 87 heavy (non-hydrogen) atoms. The van der Waals surface area contributed by atoms with Gasteiger partial charge < -0.3 is 41.9 Å². The summed E-state index contributed by atoms with van der Waals surface area (Å²) >= 11 is 0. The zero-order valence-corrected chi connectivity index (χ0v) is 49.7. The van der Waals surface area contributed by atoms with Crippen LogP contribution in [0.25, 0.3) is 0 Å². The number of aromatic nitrogens is 1. The smallest absolute Gasteiger partial charge is 0.295 e. The minimum Gasteiger partial charge on any atom is -0.508 e. The molecular formula is C61H74N12O13S. The van der Waals surface area contributed by atoms with Crippen LogP contribution in [0, 0.1) is 11.8 Å². The van der Waals surface area contributed by atoms with Crippen molar-refractivity contribution < 1.29 is 61.2 Å². The predicted octanol–water partition coefficient (Wildman–Crippen LogP) is 3.20. The van der Waals surface area contributed by atoms with Gasteiger partial charge in [-0.25, -0.2) is 4.98 Å². The Hall–Kier alpha value is -9.56. The first-order chi connectivity index (χ1) is 41.4. The molecule has 2 heterocycles. The van der Waals surface area contributed by atoms with Crippen LogP contribution >= 0.6 is 0 Å². The van der Waals surface area contributed by atoms with E-state index in [0.717, 1.165) is 5.56 Å². The minimum atomic E-state index is -4.48. The standard InChI is InChI=1S/C61H74N12O13S/c1-37(2)30-48(69-61(83)51-15-11-29-73(51)39(5)74)57(79)64-36-54(76)66-47(27-21-40-12-7-6-8-13-40)58(80)68-50(32-41-19-25-46(75)26-20-41)59(81)67-49(31-38(3)4)60(82)72-71-56(78)43-22-17-42(18-23-43)33-63-55(77)45-24-28-53(62-34-45)70-65-35-44-14-9-10-16-52(44)87(84,85)86/h6-10,12-14,16-20,22-26,28,34-35,37-38,47-51,75H,11,15,21,27,29-33,36H2,1-5H3,(H,62,70)(H,63,77)(H,64,79)(H,66,76)(H,67,81)(H,68,80)(H,69,83)(H,71,78)(H,72,82)(H,84,85,86)/b65-35+/t47-,48-,49-,50-,51-/m0/s1. The molecule has 11 N–H and O–H groups in total. The number of aromatic hydroxyl groups is 1. The molecule has 5 atom stereocenters. The molecule has 1 saturated heterocycles. The monoisotopic (exact) mass is 1210 g/mol. The van der Waals surface area contributed by atoms with Crippen LogP contribution in [0.3, 0.4) is 0 Å². The van der Waals surface area contributed by atoms with E-state index < -0.39 is 94.1 Å². The van der Waals surface area contributed by atoms with Crippen LogP contribution in [0.4, 0.5) is 5.82 Å². The van der Waals surface area contributed by atoms with E-state index in [9.17, 15) is 61.2 Å². The summed E-state index contributed by atoms with van der Waals surface area (Å²) in [7, 11) is -4.48. The summed E-state index contributed by atoms with van der Waals surface area (Å²) in [6, 6.07) is 24.3. The quantitative estimate of drug-likeness (QED) is 0.0195. The lowest BCUT2D eigenvalue weighted by Crippen LogP contribution is -2.59. The number of anilines is 1. The number of nitrogens with one attached hydrogen (secondary N) is 9. The van der Waals surface area contributed by atoms with Crippen molar-refractivity contribution >= 4 is 75.3 Å². The maximum atomic E-state index is 14.4. The Morgan fingerprint density at radius 3 is 1.92 bits per heavy atom. The summed E-state index contributed by atoms with van der Waals surface area (Å²) in [5.74, 6) is -5.64. The normalized spacial score (nSPS) is 14.4. The first kappa shape index (κ1) is 66.6. The molecule has 6 rings (SSSR count). The van der Waals surface area contributed by atoms with Gasteiger partial charge in [0.2, 0.25) is 35.4 Å². The van der Waals surface area contributed by atoms with E-state index in [2.05, 4.69) is 58.3 Å². The highest BCUT2D eigenvalue weighted by atomic mass is 32.2. The van der Waals surface area contributed by atoms with E-state index in [1.807, 2.05) is 58.0 Å². The highest BCUT2D eigenvalue weighted by Crippen LogP contribution is 2.20. The number of hydrogen-bond donors (Lipinski definition) is 11. The Balaban J connectivity index is 1.06. The Kier molecular flexibility index (Phi) is 24.6. The van der Waals surface area contributed by atoms with Crippen LogP contribution in [0.1, 0.15) is 110 Å². The van der Waals surface area contributed by atoms with E-state index in [1.54, 1.807) is 30.3 Å². The largest absolute Gasteiger partial charge is 0.508 e. The molecule has 26 heteroatoms. The van der Waals surface area contributed by atoms with Gasteiger partial charge in [-0.15, -0.1) is 0 Å². The molecule has 9 amide bonds. The number of likely N-dealkylation sites (tertiary alicyclic amines) is 1. The topological polar surface area (TPSA) is 365 Å². The molecule has 0 saturated carbocycles. The Labute approximate surface area is 504 Å². The fraction of sp³-hybridized carbons (Fsp3) is 0.361. The average molecular weight is 1220 g/mol. The third-order valence-corrected chi connectivity index (χ3v) is 14.8. The van der Waals surface area contributed by atoms with Crippen molar-refractivity contribution in [1.82, 2.24) is 52.6 Å². The second kappa shape index (κ2) is 32.1. The molecule has 1 aliphatic rings. The number of amides is 9. The Morgan fingerprint density at radius 2 is 1.28 bits per heavy atom. The molecular weight excluding hydrogens is 1140 g/mol. The number of carbonyl (C=O) groups is 9. The van der Waals surface area contributed by atoms with Gasteiger partial charge in [0.15, 0.2) is 0 Å². The number of benzene rings is 4. The minimum absolute atomic E-state index is 0.0412. The summed E-state index contributed by atoms with van der Waals surface area (Å²) in [6.07, 6.45) is 4.13. The SMILES string of the molecule is CC(=O)N1CCC[C@H]1C(=O)N[C@@H](CC(C)C)C(=O)NCC(=O)N[C@@H](CCc1ccccc1)C(=O)N[C@@H](Cc1ccc(O)cc1)C(=O)N[C@@H](CC(C)C)C(=O)NNC(=O)c1ccc(CNC(=O)c2ccc(N/N=C/c3ccccc3S(=O)(=O)O)nc2)cc1. The first-order valence-corrected chi connectivity index (χ1v) is 29.7. The number of hydrazine groups is 1. The summed E-state index contributed by atoms with van der Waals surface area (Å²) < 4.78 is 32.8. The van der Waals surface area contributed by atoms with Gasteiger partial charge in [-0.05, 0) is 110 Å². The summed E-state index contributed by atoms with van der Waals surface area (Å²) in [5, 5.41) is 30.3. The number of nitrogens with zero attached hydrogens (tertiary/aromatic N) is 3. The van der Waals surface area contributed by atoms with E-state index in [1.165, 1.54) is 78.8 Å². The molecule has 0 radical (unpaired) electrons. The van der Waals surface area contributed by atoms with Gasteiger partial charge >= 0.3 is 0 Å². The lowest BCUT2D eigenvalue weighted by molar-refractivity contribution is -0.138. The fourth-order valence-corrected chi connectivity index (χ4v) is 10.1. The zero-order chi connectivity index (χ0) is 63.2. The van der Waals surface area contributed by atoms with E-state index >= 15 is 0 Å². The van der Waals surface area contributed by atoms with Crippen molar-refractivity contribution in [2.24, 2.45) is 16.9 Å². The molecule has 0 bridgehead atoms. The maximum Gasteiger partial charge on any atom is 0.295 e. The lowest BCUT2D eigenvalue weighted by atomic mass is 10.00. The van der Waals surface area contributed by atoms with Gasteiger partial charge in [-0.1, -0.05) is 100 Å². The molecule has 1 aliphatic heterocycles. The van der Waals surface area contributed by atoms with Crippen molar-refractivity contribution in [1.29, 1.82) is 0 Å². The van der Waals surface area contributed by atoms with Crippen LogP contribution in [0.2, 0.25) is 0 Å². The number of pyridine rings is 1. The summed E-state index contributed by atoms with van der Waals surface area (Å²) in [5.41, 5.74) is 9.84. The van der Waals surface area contributed by atoms with E-state index in [4.69, 9.17) is 0 Å². The molecule has 25 nitrogen and oxygen atoms in total. The van der Waals surface area contributed by atoms with E-state index in [-0.39, 0.29) is 83.1 Å². The molecule has 4 aromatic carbocycles. The first-order valence-electron chi connectivity index (χ1n) is 28.3. The Morgan fingerprint density at radius 1 is 0.655 bits per heavy atom. The maximum absolute atomic E-state index is 14.4. The van der Waals surface area contributed by atoms with Gasteiger partial charge in [0, 0.05) is 43.8 Å². The number of phenolic OH excluding ortho intramolecular Hbond substituents is 1. The van der Waals surface area contributed by atoms with Crippen molar-refractivity contribution in [3.63, 3.8) is 0 Å². The van der Waals surface area contributed by atoms with Gasteiger partial charge in [0.05, 0.1) is 18.3 Å².